The minimum Gasteiger partial charge on any atom is -0.494 e. The summed E-state index contributed by atoms with van der Waals surface area (Å²) >= 11 is 5.86. The van der Waals surface area contributed by atoms with Gasteiger partial charge >= 0.3 is 0 Å². The van der Waals surface area contributed by atoms with E-state index in [1.807, 2.05) is 41.3 Å². The fourth-order valence-corrected chi connectivity index (χ4v) is 3.55. The second-order valence-electron chi connectivity index (χ2n) is 7.23. The van der Waals surface area contributed by atoms with Crippen molar-refractivity contribution in [1.29, 1.82) is 5.26 Å². The predicted octanol–water partition coefficient (Wildman–Crippen LogP) is 4.11. The molecule has 29 heavy (non-hydrogen) atoms. The summed E-state index contributed by atoms with van der Waals surface area (Å²) in [5.74, 6) is 0.972. The van der Waals surface area contributed by atoms with E-state index in [0.29, 0.717) is 30.0 Å². The Morgan fingerprint density at radius 1 is 1.03 bits per heavy atom. The molecule has 1 saturated heterocycles. The Kier molecular flexibility index (Phi) is 7.92. The van der Waals surface area contributed by atoms with E-state index in [4.69, 9.17) is 21.6 Å². The molecule has 0 atom stereocenters. The quantitative estimate of drug-likeness (QED) is 0.643. The van der Waals surface area contributed by atoms with E-state index in [1.54, 1.807) is 12.1 Å². The molecule has 0 aliphatic carbocycles. The smallest absolute Gasteiger partial charge is 0.222 e. The summed E-state index contributed by atoms with van der Waals surface area (Å²) in [6, 6.07) is 17.1. The van der Waals surface area contributed by atoms with Crippen LogP contribution in [0, 0.1) is 11.3 Å². The summed E-state index contributed by atoms with van der Waals surface area (Å²) in [6.45, 7) is 4.78. The second kappa shape index (κ2) is 10.8. The van der Waals surface area contributed by atoms with Gasteiger partial charge in [-0.3, -0.25) is 9.69 Å². The number of nitriles is 1. The third kappa shape index (κ3) is 6.77. The molecule has 152 valence electrons. The Labute approximate surface area is 177 Å². The number of ether oxygens (including phenoxy) is 1. The van der Waals surface area contributed by atoms with Crippen LogP contribution in [0.5, 0.6) is 5.75 Å². The number of nitrogens with zero attached hydrogens (tertiary/aromatic N) is 3. The zero-order valence-electron chi connectivity index (χ0n) is 16.5. The van der Waals surface area contributed by atoms with E-state index in [0.717, 1.165) is 44.9 Å². The molecule has 1 fully saturated rings. The van der Waals surface area contributed by atoms with Crippen LogP contribution >= 0.6 is 11.6 Å². The third-order valence-electron chi connectivity index (χ3n) is 5.05. The van der Waals surface area contributed by atoms with Crippen molar-refractivity contribution in [1.82, 2.24) is 9.80 Å². The van der Waals surface area contributed by atoms with Crippen molar-refractivity contribution in [3.63, 3.8) is 0 Å². The molecule has 0 unspecified atom stereocenters. The first-order valence-electron chi connectivity index (χ1n) is 10.0. The molecular weight excluding hydrogens is 386 g/mol. The highest BCUT2D eigenvalue weighted by molar-refractivity contribution is 6.30. The van der Waals surface area contributed by atoms with Gasteiger partial charge in [0.2, 0.25) is 5.91 Å². The van der Waals surface area contributed by atoms with Crippen LogP contribution in [-0.2, 0) is 11.3 Å². The number of carbonyl (C=O) groups excluding carboxylic acids is 1. The van der Waals surface area contributed by atoms with E-state index in [1.165, 1.54) is 5.56 Å². The van der Waals surface area contributed by atoms with Gasteiger partial charge in [-0.25, -0.2) is 0 Å². The standard InChI is InChI=1S/C23H26ClN3O2/c24-21-8-10-22(11-9-21)29-16-1-3-23(28)27-13-2-12-26(14-15-27)18-20-6-4-19(17-25)5-7-20/h4-11H,1-3,12-16,18H2. The van der Waals surface area contributed by atoms with Crippen molar-refractivity contribution >= 4 is 17.5 Å². The van der Waals surface area contributed by atoms with Crippen LogP contribution in [0.4, 0.5) is 0 Å². The second-order valence-corrected chi connectivity index (χ2v) is 7.66. The maximum atomic E-state index is 12.5. The number of amides is 1. The molecule has 0 radical (unpaired) electrons. The molecule has 0 N–H and O–H groups in total. The Hall–Kier alpha value is -2.55. The molecular formula is C23H26ClN3O2. The lowest BCUT2D eigenvalue weighted by Crippen LogP contribution is -2.35. The van der Waals surface area contributed by atoms with Crippen LogP contribution in [0.2, 0.25) is 5.02 Å². The largest absolute Gasteiger partial charge is 0.494 e. The number of carbonyl (C=O) groups is 1. The van der Waals surface area contributed by atoms with Gasteiger partial charge < -0.3 is 9.64 Å². The van der Waals surface area contributed by atoms with Gasteiger partial charge in [0.15, 0.2) is 0 Å². The Bertz CT molecular complexity index is 831. The third-order valence-corrected chi connectivity index (χ3v) is 5.30. The summed E-state index contributed by atoms with van der Waals surface area (Å²) in [7, 11) is 0. The number of halogens is 1. The maximum Gasteiger partial charge on any atom is 0.222 e. The van der Waals surface area contributed by atoms with Gasteiger partial charge in [0.1, 0.15) is 5.75 Å². The lowest BCUT2D eigenvalue weighted by Gasteiger charge is -2.22. The van der Waals surface area contributed by atoms with Gasteiger partial charge in [-0.2, -0.15) is 5.26 Å². The van der Waals surface area contributed by atoms with Crippen LogP contribution in [0.15, 0.2) is 48.5 Å². The first-order chi connectivity index (χ1) is 14.1. The van der Waals surface area contributed by atoms with E-state index in [-0.39, 0.29) is 5.91 Å². The zero-order valence-corrected chi connectivity index (χ0v) is 17.3. The maximum absolute atomic E-state index is 12.5. The van der Waals surface area contributed by atoms with Gasteiger partial charge in [-0.1, -0.05) is 23.7 Å². The van der Waals surface area contributed by atoms with Crippen molar-refractivity contribution in [2.24, 2.45) is 0 Å². The van der Waals surface area contributed by atoms with E-state index >= 15 is 0 Å². The molecule has 2 aromatic rings. The first kappa shape index (κ1) is 21.2. The first-order valence-corrected chi connectivity index (χ1v) is 10.4. The SMILES string of the molecule is N#Cc1ccc(CN2CCCN(C(=O)CCCOc3ccc(Cl)cc3)CC2)cc1. The summed E-state index contributed by atoms with van der Waals surface area (Å²) < 4.78 is 5.67. The van der Waals surface area contributed by atoms with E-state index < -0.39 is 0 Å². The monoisotopic (exact) mass is 411 g/mol. The normalized spacial score (nSPS) is 14.8. The average molecular weight is 412 g/mol. The summed E-state index contributed by atoms with van der Waals surface area (Å²) in [5, 5.41) is 9.59. The lowest BCUT2D eigenvalue weighted by atomic mass is 10.1. The van der Waals surface area contributed by atoms with Crippen LogP contribution in [0.1, 0.15) is 30.4 Å². The van der Waals surface area contributed by atoms with Crippen LogP contribution in [0.25, 0.3) is 0 Å². The van der Waals surface area contributed by atoms with Crippen molar-refractivity contribution in [3.05, 3.63) is 64.7 Å². The van der Waals surface area contributed by atoms with Gasteiger partial charge in [0.05, 0.1) is 18.2 Å². The van der Waals surface area contributed by atoms with Crippen LogP contribution < -0.4 is 4.74 Å². The van der Waals surface area contributed by atoms with Crippen LogP contribution in [-0.4, -0.2) is 48.5 Å². The summed E-state index contributed by atoms with van der Waals surface area (Å²) in [4.78, 5) is 16.9. The van der Waals surface area contributed by atoms with E-state index in [9.17, 15) is 4.79 Å². The zero-order chi connectivity index (χ0) is 20.5. The number of benzene rings is 2. The van der Waals surface area contributed by atoms with E-state index in [2.05, 4.69) is 11.0 Å². The molecule has 6 heteroatoms. The molecule has 0 spiro atoms. The van der Waals surface area contributed by atoms with Crippen molar-refractivity contribution in [2.75, 3.05) is 32.8 Å². The molecule has 2 aromatic carbocycles. The number of hydrogen-bond acceptors (Lipinski definition) is 4. The topological polar surface area (TPSA) is 56.6 Å². The average Bonchev–Trinajstić information content (AvgIpc) is 2.98. The molecule has 3 rings (SSSR count). The van der Waals surface area contributed by atoms with Gasteiger partial charge in [0.25, 0.3) is 0 Å². The predicted molar refractivity (Wildman–Crippen MR) is 114 cm³/mol. The molecule has 1 amide bonds. The minimum absolute atomic E-state index is 0.199. The highest BCUT2D eigenvalue weighted by atomic mass is 35.5. The summed E-state index contributed by atoms with van der Waals surface area (Å²) in [6.07, 6.45) is 2.18. The molecule has 1 aliphatic heterocycles. The van der Waals surface area contributed by atoms with Gasteiger partial charge in [-0.05, 0) is 54.8 Å². The molecule has 5 nitrogen and oxygen atoms in total. The Morgan fingerprint density at radius 2 is 1.79 bits per heavy atom. The molecule has 0 bridgehead atoms. The molecule has 0 aromatic heterocycles. The highest BCUT2D eigenvalue weighted by Crippen LogP contribution is 2.16. The minimum atomic E-state index is 0.199. The fraction of sp³-hybridized carbons (Fsp3) is 0.391. The van der Waals surface area contributed by atoms with Crippen molar-refractivity contribution < 1.29 is 9.53 Å². The number of rotatable bonds is 7. The highest BCUT2D eigenvalue weighted by Gasteiger charge is 2.19. The van der Waals surface area contributed by atoms with Gasteiger partial charge in [-0.15, -0.1) is 0 Å². The lowest BCUT2D eigenvalue weighted by molar-refractivity contribution is -0.131. The molecule has 1 aliphatic rings. The summed E-state index contributed by atoms with van der Waals surface area (Å²) in [5.41, 5.74) is 1.88. The van der Waals surface area contributed by atoms with Crippen molar-refractivity contribution in [3.8, 4) is 11.8 Å². The molecule has 0 saturated carbocycles. The Balaban J connectivity index is 1.38. The number of hydrogen-bond donors (Lipinski definition) is 0. The molecule has 1 heterocycles. The van der Waals surface area contributed by atoms with Gasteiger partial charge in [0, 0.05) is 44.2 Å². The van der Waals surface area contributed by atoms with Crippen LogP contribution in [0.3, 0.4) is 0 Å². The Morgan fingerprint density at radius 3 is 2.52 bits per heavy atom. The fourth-order valence-electron chi connectivity index (χ4n) is 3.42. The van der Waals surface area contributed by atoms with Crippen molar-refractivity contribution in [2.45, 2.75) is 25.8 Å².